The topological polar surface area (TPSA) is 82.0 Å². The van der Waals surface area contributed by atoms with E-state index >= 15 is 0 Å². The summed E-state index contributed by atoms with van der Waals surface area (Å²) < 4.78 is 0. The second-order valence-corrected chi connectivity index (χ2v) is 3.67. The van der Waals surface area contributed by atoms with Crippen LogP contribution in [0.1, 0.15) is 5.56 Å². The fourth-order valence-electron chi connectivity index (χ4n) is 1.06. The molecule has 0 aliphatic heterocycles. The Bertz CT molecular complexity index is 494. The molecule has 2 amide bonds. The van der Waals surface area contributed by atoms with Crippen LogP contribution >= 0.6 is 11.6 Å². The van der Waals surface area contributed by atoms with Crippen LogP contribution in [0.25, 0.3) is 0 Å². The molecule has 0 radical (unpaired) electrons. The smallest absolute Gasteiger partial charge is 0.313 e. The van der Waals surface area contributed by atoms with E-state index < -0.39 is 11.8 Å². The summed E-state index contributed by atoms with van der Waals surface area (Å²) in [4.78, 5) is 22.5. The number of carbonyl (C=O) groups excluding carboxylic acids is 2. The molecule has 1 aromatic carbocycles. The number of carbonyl (C=O) groups is 2. The lowest BCUT2D eigenvalue weighted by Crippen LogP contribution is -2.35. The molecule has 5 nitrogen and oxygen atoms in total. The molecule has 17 heavy (non-hydrogen) atoms. The van der Waals surface area contributed by atoms with Crippen molar-refractivity contribution in [3.05, 3.63) is 28.8 Å². The lowest BCUT2D eigenvalue weighted by molar-refractivity contribution is -0.136. The molecule has 0 aromatic heterocycles. The monoisotopic (exact) mass is 251 g/mol. The summed E-state index contributed by atoms with van der Waals surface area (Å²) in [5.41, 5.74) is 1.30. The van der Waals surface area contributed by atoms with Gasteiger partial charge >= 0.3 is 11.8 Å². The van der Waals surface area contributed by atoms with E-state index in [-0.39, 0.29) is 6.54 Å². The van der Waals surface area contributed by atoms with Crippen molar-refractivity contribution in [1.82, 2.24) is 5.32 Å². The maximum atomic E-state index is 11.3. The molecule has 0 aliphatic carbocycles. The summed E-state index contributed by atoms with van der Waals surface area (Å²) in [5, 5.41) is 13.2. The Hall–Kier alpha value is -2.06. The molecule has 6 heteroatoms. The third-order valence-electron chi connectivity index (χ3n) is 1.96. The van der Waals surface area contributed by atoms with Gasteiger partial charge in [-0.15, -0.1) is 0 Å². The predicted molar refractivity (Wildman–Crippen MR) is 63.4 cm³/mol. The van der Waals surface area contributed by atoms with Crippen molar-refractivity contribution in [1.29, 1.82) is 5.26 Å². The standard InChI is InChI=1S/C11H10ClN3O2/c1-7-2-3-8(6-9(7)12)15-11(17)10(16)14-5-4-13/h2-3,6H,5H2,1H3,(H,14,16)(H,15,17). The molecule has 0 unspecified atom stereocenters. The summed E-state index contributed by atoms with van der Waals surface area (Å²) in [6, 6.07) is 6.61. The SMILES string of the molecule is Cc1ccc(NC(=O)C(=O)NCC#N)cc1Cl. The van der Waals surface area contributed by atoms with Crippen LogP contribution in [0, 0.1) is 18.3 Å². The zero-order valence-corrected chi connectivity index (χ0v) is 9.84. The van der Waals surface area contributed by atoms with E-state index in [0.717, 1.165) is 5.56 Å². The van der Waals surface area contributed by atoms with Crippen LogP contribution in [0.2, 0.25) is 5.02 Å². The average molecular weight is 252 g/mol. The summed E-state index contributed by atoms with van der Waals surface area (Å²) in [6.07, 6.45) is 0. The number of benzene rings is 1. The van der Waals surface area contributed by atoms with E-state index in [2.05, 4.69) is 10.6 Å². The first-order valence-corrected chi connectivity index (χ1v) is 5.14. The summed E-state index contributed by atoms with van der Waals surface area (Å²) >= 11 is 5.87. The molecule has 0 bridgehead atoms. The Labute approximate surface area is 103 Å². The summed E-state index contributed by atoms with van der Waals surface area (Å²) in [6.45, 7) is 1.62. The largest absolute Gasteiger partial charge is 0.335 e. The molecule has 2 N–H and O–H groups in total. The molecule has 0 aliphatic rings. The maximum Gasteiger partial charge on any atom is 0.313 e. The number of nitriles is 1. The molecule has 1 aromatic rings. The Morgan fingerprint density at radius 1 is 1.41 bits per heavy atom. The number of nitrogens with one attached hydrogen (secondary N) is 2. The minimum absolute atomic E-state index is 0.207. The normalized spacial score (nSPS) is 9.24. The van der Waals surface area contributed by atoms with Crippen molar-refractivity contribution >= 4 is 29.1 Å². The lowest BCUT2D eigenvalue weighted by atomic mass is 10.2. The number of amides is 2. The quantitative estimate of drug-likeness (QED) is 0.613. The van der Waals surface area contributed by atoms with Crippen molar-refractivity contribution in [2.45, 2.75) is 6.92 Å². The molecule has 88 valence electrons. The van der Waals surface area contributed by atoms with E-state index in [1.807, 2.05) is 6.92 Å². The van der Waals surface area contributed by atoms with Crippen molar-refractivity contribution in [2.75, 3.05) is 11.9 Å². The number of halogens is 1. The summed E-state index contributed by atoms with van der Waals surface area (Å²) in [5.74, 6) is -1.69. The number of rotatable bonds is 2. The van der Waals surface area contributed by atoms with Crippen molar-refractivity contribution in [2.24, 2.45) is 0 Å². The van der Waals surface area contributed by atoms with Gasteiger partial charge in [0, 0.05) is 10.7 Å². The van der Waals surface area contributed by atoms with Gasteiger partial charge in [-0.2, -0.15) is 5.26 Å². The molecule has 0 saturated heterocycles. The van der Waals surface area contributed by atoms with Gasteiger partial charge < -0.3 is 10.6 Å². The number of hydrogen-bond donors (Lipinski definition) is 2. The fraction of sp³-hybridized carbons (Fsp3) is 0.182. The van der Waals surface area contributed by atoms with Gasteiger partial charge in [0.15, 0.2) is 0 Å². The van der Waals surface area contributed by atoms with Crippen molar-refractivity contribution < 1.29 is 9.59 Å². The Kier molecular flexibility index (Phi) is 4.49. The Morgan fingerprint density at radius 2 is 2.12 bits per heavy atom. The first-order valence-electron chi connectivity index (χ1n) is 4.77. The minimum Gasteiger partial charge on any atom is -0.335 e. The van der Waals surface area contributed by atoms with Gasteiger partial charge in [0.25, 0.3) is 0 Å². The lowest BCUT2D eigenvalue weighted by Gasteiger charge is -2.06. The molecular weight excluding hydrogens is 242 g/mol. The second-order valence-electron chi connectivity index (χ2n) is 3.26. The van der Waals surface area contributed by atoms with Crippen LogP contribution in [-0.2, 0) is 9.59 Å². The number of hydrogen-bond acceptors (Lipinski definition) is 3. The Balaban J connectivity index is 2.65. The maximum absolute atomic E-state index is 11.3. The third kappa shape index (κ3) is 3.78. The molecule has 0 atom stereocenters. The van der Waals surface area contributed by atoms with E-state index in [1.165, 1.54) is 0 Å². The zero-order valence-electron chi connectivity index (χ0n) is 9.08. The van der Waals surface area contributed by atoms with Gasteiger partial charge in [-0.05, 0) is 24.6 Å². The number of nitrogens with zero attached hydrogens (tertiary/aromatic N) is 1. The van der Waals surface area contributed by atoms with Gasteiger partial charge in [-0.25, -0.2) is 0 Å². The van der Waals surface area contributed by atoms with E-state index in [4.69, 9.17) is 16.9 Å². The fourth-order valence-corrected chi connectivity index (χ4v) is 1.24. The van der Waals surface area contributed by atoms with Crippen LogP contribution in [0.3, 0.4) is 0 Å². The average Bonchev–Trinajstić information content (AvgIpc) is 2.30. The van der Waals surface area contributed by atoms with Crippen LogP contribution < -0.4 is 10.6 Å². The van der Waals surface area contributed by atoms with Crippen LogP contribution in [0.4, 0.5) is 5.69 Å². The number of anilines is 1. The van der Waals surface area contributed by atoms with Crippen LogP contribution in [-0.4, -0.2) is 18.4 Å². The first-order chi connectivity index (χ1) is 8.04. The first kappa shape index (κ1) is 13.0. The highest BCUT2D eigenvalue weighted by atomic mass is 35.5. The third-order valence-corrected chi connectivity index (χ3v) is 2.37. The van der Waals surface area contributed by atoms with Crippen LogP contribution in [0.15, 0.2) is 18.2 Å². The molecule has 0 saturated carbocycles. The predicted octanol–water partition coefficient (Wildman–Crippen LogP) is 1.23. The highest BCUT2D eigenvalue weighted by molar-refractivity contribution is 6.40. The molecule has 1 rings (SSSR count). The molecule has 0 spiro atoms. The van der Waals surface area contributed by atoms with Gasteiger partial charge in [0.1, 0.15) is 6.54 Å². The van der Waals surface area contributed by atoms with Gasteiger partial charge in [-0.3, -0.25) is 9.59 Å². The highest BCUT2D eigenvalue weighted by Crippen LogP contribution is 2.19. The second kappa shape index (κ2) is 5.87. The molecular formula is C11H10ClN3O2. The van der Waals surface area contributed by atoms with Gasteiger partial charge in [0.2, 0.25) is 0 Å². The Morgan fingerprint density at radius 3 is 2.71 bits per heavy atom. The van der Waals surface area contributed by atoms with E-state index in [0.29, 0.717) is 10.7 Å². The number of aryl methyl sites for hydroxylation is 1. The van der Waals surface area contributed by atoms with Crippen LogP contribution in [0.5, 0.6) is 0 Å². The minimum atomic E-state index is -0.858. The van der Waals surface area contributed by atoms with Gasteiger partial charge in [-0.1, -0.05) is 17.7 Å². The van der Waals surface area contributed by atoms with Crippen molar-refractivity contribution in [3.63, 3.8) is 0 Å². The molecule has 0 heterocycles. The summed E-state index contributed by atoms with van der Waals surface area (Å²) in [7, 11) is 0. The van der Waals surface area contributed by atoms with Gasteiger partial charge in [0.05, 0.1) is 6.07 Å². The molecule has 0 fully saturated rings. The van der Waals surface area contributed by atoms with E-state index in [1.54, 1.807) is 24.3 Å². The zero-order chi connectivity index (χ0) is 12.8. The van der Waals surface area contributed by atoms with E-state index in [9.17, 15) is 9.59 Å². The van der Waals surface area contributed by atoms with Crippen molar-refractivity contribution in [3.8, 4) is 6.07 Å². The highest BCUT2D eigenvalue weighted by Gasteiger charge is 2.12.